The van der Waals surface area contributed by atoms with Crippen LogP contribution in [0.15, 0.2) is 18.2 Å². The number of hydrogen-bond acceptors (Lipinski definition) is 6. The summed E-state index contributed by atoms with van der Waals surface area (Å²) < 4.78 is 1.99. The van der Waals surface area contributed by atoms with Crippen LogP contribution in [0.1, 0.15) is 15.9 Å². The van der Waals surface area contributed by atoms with Crippen molar-refractivity contribution in [2.45, 2.75) is 6.92 Å². The minimum absolute atomic E-state index is 0.182. The third-order valence-corrected chi connectivity index (χ3v) is 8.01. The molecule has 0 saturated carbocycles. The molecule has 0 bridgehead atoms. The van der Waals surface area contributed by atoms with Crippen LogP contribution in [0, 0.1) is 6.92 Å². The lowest BCUT2D eigenvalue weighted by Crippen LogP contribution is -2.48. The van der Waals surface area contributed by atoms with Crippen LogP contribution < -0.4 is 10.2 Å². The first kappa shape index (κ1) is 21.2. The van der Waals surface area contributed by atoms with Gasteiger partial charge in [0.15, 0.2) is 5.13 Å². The van der Waals surface area contributed by atoms with E-state index in [1.54, 1.807) is 17.4 Å². The van der Waals surface area contributed by atoms with E-state index in [0.29, 0.717) is 20.8 Å². The van der Waals surface area contributed by atoms with E-state index >= 15 is 0 Å². The molecule has 5 nitrogen and oxygen atoms in total. The summed E-state index contributed by atoms with van der Waals surface area (Å²) in [5.74, 6) is -0.182. The normalized spacial score (nSPS) is 15.2. The number of aryl methyl sites for hydroxylation is 1. The summed E-state index contributed by atoms with van der Waals surface area (Å²) in [5.41, 5.74) is 2.58. The molecule has 1 N–H and O–H groups in total. The van der Waals surface area contributed by atoms with Crippen LogP contribution >= 0.6 is 57.5 Å². The smallest absolute Gasteiger partial charge is 0.253 e. The zero-order chi connectivity index (χ0) is 20.5. The quantitative estimate of drug-likeness (QED) is 0.536. The number of thiophene rings is 1. The number of anilines is 1. The van der Waals surface area contributed by atoms with Crippen LogP contribution in [0.2, 0.25) is 13.7 Å². The summed E-state index contributed by atoms with van der Waals surface area (Å²) in [6.07, 6.45) is 0. The Kier molecular flexibility index (Phi) is 6.53. The number of fused-ring (bicyclic) bond motifs is 1. The van der Waals surface area contributed by atoms with Crippen molar-refractivity contribution >= 4 is 78.7 Å². The van der Waals surface area contributed by atoms with Crippen molar-refractivity contribution in [2.75, 3.05) is 44.2 Å². The van der Waals surface area contributed by atoms with E-state index in [0.717, 1.165) is 58.7 Å². The van der Waals surface area contributed by atoms with E-state index in [2.05, 4.69) is 22.0 Å². The molecule has 29 heavy (non-hydrogen) atoms. The van der Waals surface area contributed by atoms with Gasteiger partial charge in [0.2, 0.25) is 0 Å². The molecule has 10 heteroatoms. The molecule has 3 heterocycles. The lowest BCUT2D eigenvalue weighted by molar-refractivity contribution is 0.0948. The molecule has 3 aromatic rings. The van der Waals surface area contributed by atoms with E-state index in [4.69, 9.17) is 39.8 Å². The molecule has 1 amide bonds. The first-order valence-corrected chi connectivity index (χ1v) is 11.9. The van der Waals surface area contributed by atoms with Gasteiger partial charge in [-0.1, -0.05) is 52.2 Å². The Hall–Kier alpha value is -1.09. The molecule has 2 aromatic heterocycles. The number of carbonyl (C=O) groups excluding carboxylic acids is 1. The van der Waals surface area contributed by atoms with Crippen molar-refractivity contribution in [3.8, 4) is 0 Å². The molecule has 0 radical (unpaired) electrons. The van der Waals surface area contributed by atoms with Gasteiger partial charge < -0.3 is 10.2 Å². The van der Waals surface area contributed by atoms with E-state index in [1.807, 2.05) is 12.1 Å². The molecule has 4 rings (SSSR count). The highest BCUT2D eigenvalue weighted by molar-refractivity contribution is 7.22. The molecule has 1 aliphatic heterocycles. The van der Waals surface area contributed by atoms with E-state index < -0.39 is 0 Å². The van der Waals surface area contributed by atoms with Crippen molar-refractivity contribution in [3.63, 3.8) is 0 Å². The lowest BCUT2D eigenvalue weighted by atomic mass is 10.2. The first-order chi connectivity index (χ1) is 13.9. The lowest BCUT2D eigenvalue weighted by Gasteiger charge is -2.34. The number of aromatic nitrogens is 1. The van der Waals surface area contributed by atoms with Gasteiger partial charge in [-0.3, -0.25) is 9.69 Å². The second-order valence-corrected chi connectivity index (χ2v) is 10.5. The average Bonchev–Trinajstić information content (AvgIpc) is 3.29. The maximum Gasteiger partial charge on any atom is 0.253 e. The van der Waals surface area contributed by atoms with Gasteiger partial charge >= 0.3 is 0 Å². The summed E-state index contributed by atoms with van der Waals surface area (Å²) in [4.78, 5) is 21.7. The Morgan fingerprint density at radius 1 is 1.17 bits per heavy atom. The van der Waals surface area contributed by atoms with E-state index in [1.165, 1.54) is 11.3 Å². The number of carbonyl (C=O) groups is 1. The predicted octanol–water partition coefficient (Wildman–Crippen LogP) is 5.18. The van der Waals surface area contributed by atoms with Crippen LogP contribution in [0.25, 0.3) is 10.2 Å². The summed E-state index contributed by atoms with van der Waals surface area (Å²) in [5, 5.41) is 4.70. The largest absolute Gasteiger partial charge is 0.351 e. The van der Waals surface area contributed by atoms with Gasteiger partial charge in [0.1, 0.15) is 4.34 Å². The minimum atomic E-state index is -0.182. The molecular weight excluding hydrogens is 471 g/mol. The van der Waals surface area contributed by atoms with Gasteiger partial charge in [0.05, 0.1) is 25.1 Å². The Morgan fingerprint density at radius 2 is 1.93 bits per heavy atom. The summed E-state index contributed by atoms with van der Waals surface area (Å²) in [6.45, 7) is 7.06. The Morgan fingerprint density at radius 3 is 2.59 bits per heavy atom. The highest BCUT2D eigenvalue weighted by Crippen LogP contribution is 2.36. The fourth-order valence-corrected chi connectivity index (χ4v) is 6.13. The molecule has 1 aromatic carbocycles. The summed E-state index contributed by atoms with van der Waals surface area (Å²) >= 11 is 21.1. The maximum atomic E-state index is 12.2. The van der Waals surface area contributed by atoms with Crippen LogP contribution in [0.5, 0.6) is 0 Å². The number of thiazole rings is 1. The number of amides is 1. The van der Waals surface area contributed by atoms with Crippen molar-refractivity contribution in [2.24, 2.45) is 0 Å². The molecule has 154 valence electrons. The van der Waals surface area contributed by atoms with Gasteiger partial charge in [-0.15, -0.1) is 11.3 Å². The van der Waals surface area contributed by atoms with Crippen molar-refractivity contribution in [1.29, 1.82) is 0 Å². The van der Waals surface area contributed by atoms with Crippen LogP contribution in [-0.2, 0) is 0 Å². The zero-order valence-electron chi connectivity index (χ0n) is 15.7. The van der Waals surface area contributed by atoms with Gasteiger partial charge in [-0.25, -0.2) is 4.98 Å². The number of rotatable bonds is 5. The number of nitrogens with one attached hydrogen (secondary N) is 1. The Labute approximate surface area is 192 Å². The highest BCUT2D eigenvalue weighted by Gasteiger charge is 2.21. The van der Waals surface area contributed by atoms with Crippen LogP contribution in [0.3, 0.4) is 0 Å². The molecule has 0 atom stereocenters. The maximum absolute atomic E-state index is 12.2. The molecule has 1 fully saturated rings. The van der Waals surface area contributed by atoms with Gasteiger partial charge in [0.25, 0.3) is 5.91 Å². The summed E-state index contributed by atoms with van der Waals surface area (Å²) in [7, 11) is 0. The standard InChI is InChI=1S/C19H19Cl3N4OS2/c1-11-2-3-13(20)16-15(11)24-19(29-16)26-8-6-25(7-9-26)5-4-23-18(27)12-10-14(21)28-17(12)22/h2-3,10H,4-9H2,1H3,(H,23,27). The number of nitrogens with zero attached hydrogens (tertiary/aromatic N) is 3. The SMILES string of the molecule is Cc1ccc(Cl)c2sc(N3CCN(CCNC(=O)c4cc(Cl)sc4Cl)CC3)nc12. The van der Waals surface area contributed by atoms with Crippen molar-refractivity contribution < 1.29 is 4.79 Å². The van der Waals surface area contributed by atoms with Crippen LogP contribution in [-0.4, -0.2) is 55.1 Å². The van der Waals surface area contributed by atoms with Gasteiger partial charge in [-0.05, 0) is 24.6 Å². The fourth-order valence-electron chi connectivity index (χ4n) is 3.31. The number of piperazine rings is 1. The fraction of sp³-hybridized carbons (Fsp3) is 0.368. The molecule has 0 spiro atoms. The molecule has 1 aliphatic rings. The minimum Gasteiger partial charge on any atom is -0.351 e. The third kappa shape index (κ3) is 4.65. The molecular formula is C19H19Cl3N4OS2. The first-order valence-electron chi connectivity index (χ1n) is 9.18. The number of halogens is 3. The van der Waals surface area contributed by atoms with Gasteiger partial charge in [0, 0.05) is 39.3 Å². The van der Waals surface area contributed by atoms with Gasteiger partial charge in [-0.2, -0.15) is 0 Å². The van der Waals surface area contributed by atoms with E-state index in [-0.39, 0.29) is 5.91 Å². The highest BCUT2D eigenvalue weighted by atomic mass is 35.5. The zero-order valence-corrected chi connectivity index (χ0v) is 19.6. The van der Waals surface area contributed by atoms with Crippen molar-refractivity contribution in [3.05, 3.63) is 43.0 Å². The predicted molar refractivity (Wildman–Crippen MR) is 125 cm³/mol. The monoisotopic (exact) mass is 488 g/mol. The Balaban J connectivity index is 1.29. The topological polar surface area (TPSA) is 48.5 Å². The average molecular weight is 490 g/mol. The third-order valence-electron chi connectivity index (χ3n) is 4.94. The molecule has 0 unspecified atom stereocenters. The van der Waals surface area contributed by atoms with Crippen molar-refractivity contribution in [1.82, 2.24) is 15.2 Å². The molecule has 0 aliphatic carbocycles. The van der Waals surface area contributed by atoms with Crippen LogP contribution in [0.4, 0.5) is 5.13 Å². The Bertz CT molecular complexity index is 1000. The summed E-state index contributed by atoms with van der Waals surface area (Å²) in [6, 6.07) is 5.55. The van der Waals surface area contributed by atoms with E-state index in [9.17, 15) is 4.79 Å². The second kappa shape index (κ2) is 8.96. The number of hydrogen-bond donors (Lipinski definition) is 1. The number of benzene rings is 1. The molecule has 1 saturated heterocycles. The second-order valence-electron chi connectivity index (χ2n) is 6.86.